The van der Waals surface area contributed by atoms with Gasteiger partial charge >= 0.3 is 0 Å². The van der Waals surface area contributed by atoms with Gasteiger partial charge in [-0.2, -0.15) is 0 Å². The molecule has 2 aromatic rings. The number of hydrogen-bond donors (Lipinski definition) is 1. The predicted molar refractivity (Wildman–Crippen MR) is 87.7 cm³/mol. The lowest BCUT2D eigenvalue weighted by atomic mass is 10.0. The fraction of sp³-hybridized carbons (Fsp3) is 0.176. The Morgan fingerprint density at radius 3 is 2.57 bits per heavy atom. The Kier molecular flexibility index (Phi) is 2.99. The van der Waals surface area contributed by atoms with E-state index in [1.54, 1.807) is 6.92 Å². The minimum atomic E-state index is -1.13. The molecule has 1 fully saturated rings. The SMILES string of the molecule is C[C@@H]1S[C@@]2(C(=O)Nc3ccccc32)N(c2ccc(F)cc2)C1=O. The summed E-state index contributed by atoms with van der Waals surface area (Å²) in [5.74, 6) is -0.786. The van der Waals surface area contributed by atoms with Crippen molar-refractivity contribution in [1.29, 1.82) is 0 Å². The molecule has 2 atom stereocenters. The van der Waals surface area contributed by atoms with Gasteiger partial charge in [0.2, 0.25) is 10.8 Å². The molecule has 0 saturated carbocycles. The van der Waals surface area contributed by atoms with Crippen molar-refractivity contribution in [3.63, 3.8) is 0 Å². The number of amides is 2. The number of para-hydroxylation sites is 1. The molecule has 1 saturated heterocycles. The topological polar surface area (TPSA) is 49.4 Å². The molecule has 0 unspecified atom stereocenters. The lowest BCUT2D eigenvalue weighted by Gasteiger charge is -2.32. The van der Waals surface area contributed by atoms with Crippen molar-refractivity contribution in [2.45, 2.75) is 17.0 Å². The van der Waals surface area contributed by atoms with Crippen LogP contribution < -0.4 is 10.2 Å². The molecule has 4 rings (SSSR count). The van der Waals surface area contributed by atoms with Crippen LogP contribution in [0.15, 0.2) is 48.5 Å². The third-order valence-corrected chi connectivity index (χ3v) is 5.65. The number of halogens is 1. The first-order valence-corrected chi connectivity index (χ1v) is 8.10. The highest BCUT2D eigenvalue weighted by Gasteiger charge is 2.60. The molecule has 1 spiro atoms. The lowest BCUT2D eigenvalue weighted by molar-refractivity contribution is -0.122. The molecule has 2 aromatic carbocycles. The highest BCUT2D eigenvalue weighted by molar-refractivity contribution is 8.03. The molecule has 1 N–H and O–H groups in total. The summed E-state index contributed by atoms with van der Waals surface area (Å²) in [6.07, 6.45) is 0. The third kappa shape index (κ3) is 1.84. The average Bonchev–Trinajstić information content (AvgIpc) is 2.97. The summed E-state index contributed by atoms with van der Waals surface area (Å²) in [7, 11) is 0. The number of hydrogen-bond acceptors (Lipinski definition) is 3. The van der Waals surface area contributed by atoms with Crippen LogP contribution in [0.1, 0.15) is 12.5 Å². The molecule has 2 aliphatic rings. The zero-order chi connectivity index (χ0) is 16.2. The van der Waals surface area contributed by atoms with Crippen LogP contribution in [0.25, 0.3) is 0 Å². The molecule has 2 amide bonds. The smallest absolute Gasteiger partial charge is 0.266 e. The van der Waals surface area contributed by atoms with E-state index >= 15 is 0 Å². The van der Waals surface area contributed by atoms with Gasteiger partial charge in [-0.3, -0.25) is 14.5 Å². The molecule has 116 valence electrons. The van der Waals surface area contributed by atoms with E-state index in [1.165, 1.54) is 40.9 Å². The van der Waals surface area contributed by atoms with Crippen molar-refractivity contribution in [2.75, 3.05) is 10.2 Å². The molecule has 0 radical (unpaired) electrons. The zero-order valence-corrected chi connectivity index (χ0v) is 13.1. The van der Waals surface area contributed by atoms with Crippen molar-refractivity contribution in [3.8, 4) is 0 Å². The number of nitrogens with zero attached hydrogens (tertiary/aromatic N) is 1. The first-order chi connectivity index (χ1) is 11.0. The Balaban J connectivity index is 1.94. The molecular formula is C17H13FN2O2S. The molecule has 2 aliphatic heterocycles. The second kappa shape index (κ2) is 4.83. The number of rotatable bonds is 1. The van der Waals surface area contributed by atoms with Crippen LogP contribution in [0.2, 0.25) is 0 Å². The Morgan fingerprint density at radius 2 is 1.83 bits per heavy atom. The third-order valence-electron chi connectivity index (χ3n) is 4.16. The van der Waals surface area contributed by atoms with E-state index in [4.69, 9.17) is 0 Å². The fourth-order valence-electron chi connectivity index (χ4n) is 3.15. The zero-order valence-electron chi connectivity index (χ0n) is 12.2. The second-order valence-electron chi connectivity index (χ2n) is 5.55. The average molecular weight is 328 g/mol. The molecule has 2 heterocycles. The van der Waals surface area contributed by atoms with Gasteiger partial charge in [-0.1, -0.05) is 18.2 Å². The van der Waals surface area contributed by atoms with Crippen molar-refractivity contribution in [3.05, 3.63) is 59.9 Å². The number of benzene rings is 2. The van der Waals surface area contributed by atoms with Gasteiger partial charge in [-0.15, -0.1) is 11.8 Å². The van der Waals surface area contributed by atoms with Crippen LogP contribution >= 0.6 is 11.8 Å². The van der Waals surface area contributed by atoms with E-state index in [1.807, 2.05) is 24.3 Å². The maximum Gasteiger partial charge on any atom is 0.266 e. The van der Waals surface area contributed by atoms with Gasteiger partial charge in [0.05, 0.1) is 5.25 Å². The van der Waals surface area contributed by atoms with Crippen LogP contribution in [0.3, 0.4) is 0 Å². The number of nitrogens with one attached hydrogen (secondary N) is 1. The van der Waals surface area contributed by atoms with Crippen LogP contribution in [0.4, 0.5) is 15.8 Å². The predicted octanol–water partition coefficient (Wildman–Crippen LogP) is 3.10. The monoisotopic (exact) mass is 328 g/mol. The largest absolute Gasteiger partial charge is 0.323 e. The van der Waals surface area contributed by atoms with E-state index in [0.29, 0.717) is 11.4 Å². The highest BCUT2D eigenvalue weighted by Crippen LogP contribution is 2.55. The number of thioether (sulfide) groups is 1. The van der Waals surface area contributed by atoms with Crippen LogP contribution in [0, 0.1) is 5.82 Å². The summed E-state index contributed by atoms with van der Waals surface area (Å²) in [6, 6.07) is 13.0. The minimum Gasteiger partial charge on any atom is -0.323 e. The molecule has 0 aromatic heterocycles. The molecule has 23 heavy (non-hydrogen) atoms. The van der Waals surface area contributed by atoms with Gasteiger partial charge in [0.1, 0.15) is 5.82 Å². The van der Waals surface area contributed by atoms with Crippen molar-refractivity contribution in [1.82, 2.24) is 0 Å². The summed E-state index contributed by atoms with van der Waals surface area (Å²) in [5.41, 5.74) is 1.98. The Labute approximate surface area is 136 Å². The maximum atomic E-state index is 13.2. The van der Waals surface area contributed by atoms with Gasteiger partial charge in [0.25, 0.3) is 5.91 Å². The quantitative estimate of drug-likeness (QED) is 0.875. The molecule has 6 heteroatoms. The molecule has 4 nitrogen and oxygen atoms in total. The number of fused-ring (bicyclic) bond motifs is 2. The van der Waals surface area contributed by atoms with Gasteiger partial charge in [0.15, 0.2) is 0 Å². The van der Waals surface area contributed by atoms with Gasteiger partial charge in [-0.25, -0.2) is 4.39 Å². The van der Waals surface area contributed by atoms with Crippen LogP contribution in [-0.2, 0) is 14.5 Å². The van der Waals surface area contributed by atoms with Gasteiger partial charge in [-0.05, 0) is 37.3 Å². The number of anilines is 2. The Bertz CT molecular complexity index is 824. The molecule has 0 bridgehead atoms. The van der Waals surface area contributed by atoms with Crippen LogP contribution in [0.5, 0.6) is 0 Å². The normalized spacial score (nSPS) is 25.8. The molecule has 0 aliphatic carbocycles. The standard InChI is InChI=1S/C17H13FN2O2S/c1-10-15(21)20(12-8-6-11(18)7-9-12)17(23-10)13-4-2-3-5-14(13)19-16(17)22/h2-10H,1H3,(H,19,22)/t10-,17-/m0/s1. The van der Waals surface area contributed by atoms with Crippen molar-refractivity contribution in [2.24, 2.45) is 0 Å². The first kappa shape index (κ1) is 14.3. The summed E-state index contributed by atoms with van der Waals surface area (Å²) in [6.45, 7) is 1.78. The summed E-state index contributed by atoms with van der Waals surface area (Å²) >= 11 is 1.31. The van der Waals surface area contributed by atoms with E-state index in [0.717, 1.165) is 5.56 Å². The maximum absolute atomic E-state index is 13.2. The lowest BCUT2D eigenvalue weighted by Crippen LogP contribution is -2.47. The molecular weight excluding hydrogens is 315 g/mol. The van der Waals surface area contributed by atoms with Gasteiger partial charge in [0, 0.05) is 16.9 Å². The minimum absolute atomic E-state index is 0.159. The van der Waals surface area contributed by atoms with E-state index < -0.39 is 4.87 Å². The summed E-state index contributed by atoms with van der Waals surface area (Å²) in [5, 5.41) is 2.49. The van der Waals surface area contributed by atoms with Crippen LogP contribution in [-0.4, -0.2) is 17.1 Å². The fourth-order valence-corrected chi connectivity index (χ4v) is 4.63. The Morgan fingerprint density at radius 1 is 1.13 bits per heavy atom. The highest BCUT2D eigenvalue weighted by atomic mass is 32.2. The van der Waals surface area contributed by atoms with E-state index in [2.05, 4.69) is 5.32 Å². The summed E-state index contributed by atoms with van der Waals surface area (Å²) in [4.78, 5) is 25.9. The van der Waals surface area contributed by atoms with E-state index in [-0.39, 0.29) is 22.9 Å². The van der Waals surface area contributed by atoms with Crippen molar-refractivity contribution >= 4 is 35.0 Å². The Hall–Kier alpha value is -2.34. The van der Waals surface area contributed by atoms with Crippen molar-refractivity contribution < 1.29 is 14.0 Å². The van der Waals surface area contributed by atoms with Gasteiger partial charge < -0.3 is 5.32 Å². The summed E-state index contributed by atoms with van der Waals surface area (Å²) < 4.78 is 13.2. The van der Waals surface area contributed by atoms with E-state index in [9.17, 15) is 14.0 Å². The first-order valence-electron chi connectivity index (χ1n) is 7.22. The number of carbonyl (C=O) groups excluding carboxylic acids is 2. The second-order valence-corrected chi connectivity index (χ2v) is 7.09. The number of carbonyl (C=O) groups is 2.